The van der Waals surface area contributed by atoms with Crippen LogP contribution in [0.25, 0.3) is 0 Å². The van der Waals surface area contributed by atoms with Crippen molar-refractivity contribution in [3.05, 3.63) is 11.6 Å². The Bertz CT molecular complexity index is 126. The topological polar surface area (TPSA) is 0 Å². The molecule has 1 heteroatoms. The minimum atomic E-state index is 0.729. The van der Waals surface area contributed by atoms with Crippen LogP contribution in [0.2, 0.25) is 0 Å². The molecule has 0 radical (unpaired) electrons. The van der Waals surface area contributed by atoms with E-state index in [2.05, 4.69) is 13.0 Å². The Morgan fingerprint density at radius 3 is 2.55 bits per heavy atom. The van der Waals surface area contributed by atoms with Crippen LogP contribution >= 0.6 is 11.6 Å². The van der Waals surface area contributed by atoms with E-state index in [1.807, 2.05) is 0 Å². The Kier molecular flexibility index (Phi) is 3.99. The molecule has 0 unspecified atom stereocenters. The maximum atomic E-state index is 5.78. The highest BCUT2D eigenvalue weighted by atomic mass is 35.5. The fourth-order valence-corrected chi connectivity index (χ4v) is 1.99. The van der Waals surface area contributed by atoms with Crippen LogP contribution < -0.4 is 0 Å². The van der Waals surface area contributed by atoms with Crippen LogP contribution in [0.5, 0.6) is 0 Å². The van der Waals surface area contributed by atoms with Crippen LogP contribution in [-0.2, 0) is 0 Å². The van der Waals surface area contributed by atoms with Gasteiger partial charge in [-0.15, -0.1) is 11.6 Å². The van der Waals surface area contributed by atoms with Gasteiger partial charge in [0.1, 0.15) is 0 Å². The summed E-state index contributed by atoms with van der Waals surface area (Å²) >= 11 is 5.78. The van der Waals surface area contributed by atoms with Gasteiger partial charge in [0, 0.05) is 5.88 Å². The maximum Gasteiger partial charge on any atom is 0.0433 e. The Labute approximate surface area is 74.6 Å². The van der Waals surface area contributed by atoms with Crippen molar-refractivity contribution in [1.29, 1.82) is 0 Å². The van der Waals surface area contributed by atoms with Gasteiger partial charge in [0.25, 0.3) is 0 Å². The molecule has 0 atom stereocenters. The molecule has 64 valence electrons. The minimum absolute atomic E-state index is 0.729. The summed E-state index contributed by atoms with van der Waals surface area (Å²) in [5.74, 6) is 1.58. The third kappa shape index (κ3) is 2.86. The molecule has 0 aliphatic heterocycles. The molecule has 0 aromatic carbocycles. The molecule has 0 spiro atoms. The fraction of sp³-hybridized carbons (Fsp3) is 0.800. The number of rotatable bonds is 3. The molecule has 0 aromatic rings. The first-order valence-corrected chi connectivity index (χ1v) is 5.15. The lowest BCUT2D eigenvalue weighted by atomic mass is 10.0. The van der Waals surface area contributed by atoms with E-state index in [1.54, 1.807) is 0 Å². The van der Waals surface area contributed by atoms with E-state index in [1.165, 1.54) is 31.3 Å². The first-order valence-electron chi connectivity index (χ1n) is 4.62. The third-order valence-electron chi connectivity index (χ3n) is 2.50. The monoisotopic (exact) mass is 172 g/mol. The smallest absolute Gasteiger partial charge is 0.0433 e. The van der Waals surface area contributed by atoms with E-state index in [9.17, 15) is 0 Å². The summed E-state index contributed by atoms with van der Waals surface area (Å²) in [4.78, 5) is 0. The van der Waals surface area contributed by atoms with Crippen LogP contribution in [0.15, 0.2) is 11.6 Å². The SMILES string of the molecule is CCC(=CC1CCCC1)CCl. The first-order chi connectivity index (χ1) is 5.36. The summed E-state index contributed by atoms with van der Waals surface area (Å²) in [5, 5.41) is 0. The Balaban J connectivity index is 2.40. The molecule has 0 nitrogen and oxygen atoms in total. The number of halogens is 1. The highest BCUT2D eigenvalue weighted by Crippen LogP contribution is 2.27. The van der Waals surface area contributed by atoms with Crippen molar-refractivity contribution in [2.75, 3.05) is 5.88 Å². The number of allylic oxidation sites excluding steroid dienone is 2. The second-order valence-electron chi connectivity index (χ2n) is 3.36. The molecule has 1 fully saturated rings. The van der Waals surface area contributed by atoms with Gasteiger partial charge in [0.15, 0.2) is 0 Å². The van der Waals surface area contributed by atoms with Gasteiger partial charge in [-0.3, -0.25) is 0 Å². The number of hydrogen-bond donors (Lipinski definition) is 0. The van der Waals surface area contributed by atoms with Gasteiger partial charge in [-0.05, 0) is 25.2 Å². The van der Waals surface area contributed by atoms with Gasteiger partial charge in [-0.25, -0.2) is 0 Å². The number of hydrogen-bond acceptors (Lipinski definition) is 0. The van der Waals surface area contributed by atoms with Crippen molar-refractivity contribution in [2.45, 2.75) is 39.0 Å². The molecule has 1 rings (SSSR count). The van der Waals surface area contributed by atoms with Gasteiger partial charge >= 0.3 is 0 Å². The van der Waals surface area contributed by atoms with Crippen molar-refractivity contribution in [3.8, 4) is 0 Å². The van der Waals surface area contributed by atoms with E-state index >= 15 is 0 Å². The molecule has 0 bridgehead atoms. The molecule has 11 heavy (non-hydrogen) atoms. The highest BCUT2D eigenvalue weighted by Gasteiger charge is 2.12. The summed E-state index contributed by atoms with van der Waals surface area (Å²) in [5.41, 5.74) is 1.43. The molecule has 0 N–H and O–H groups in total. The van der Waals surface area contributed by atoms with Crippen molar-refractivity contribution in [3.63, 3.8) is 0 Å². The molecule has 0 saturated heterocycles. The zero-order chi connectivity index (χ0) is 8.10. The van der Waals surface area contributed by atoms with E-state index in [0.717, 1.165) is 18.2 Å². The van der Waals surface area contributed by atoms with Crippen LogP contribution in [0.3, 0.4) is 0 Å². The fourth-order valence-electron chi connectivity index (χ4n) is 1.71. The average molecular weight is 173 g/mol. The second kappa shape index (κ2) is 4.82. The van der Waals surface area contributed by atoms with Gasteiger partial charge < -0.3 is 0 Å². The summed E-state index contributed by atoms with van der Waals surface area (Å²) in [6.45, 7) is 2.18. The molecule has 0 aromatic heterocycles. The summed E-state index contributed by atoms with van der Waals surface area (Å²) in [6.07, 6.45) is 9.14. The minimum Gasteiger partial charge on any atom is -0.122 e. The van der Waals surface area contributed by atoms with Crippen LogP contribution in [0.1, 0.15) is 39.0 Å². The quantitative estimate of drug-likeness (QED) is 0.449. The standard InChI is InChI=1S/C10H17Cl/c1-2-9(8-11)7-10-5-3-4-6-10/h7,10H,2-6,8H2,1H3. The molecule has 0 amide bonds. The zero-order valence-electron chi connectivity index (χ0n) is 7.28. The van der Waals surface area contributed by atoms with E-state index in [0.29, 0.717) is 0 Å². The van der Waals surface area contributed by atoms with Crippen LogP contribution in [-0.4, -0.2) is 5.88 Å². The molecular weight excluding hydrogens is 156 g/mol. The van der Waals surface area contributed by atoms with E-state index in [-0.39, 0.29) is 0 Å². The van der Waals surface area contributed by atoms with Gasteiger partial charge in [0.2, 0.25) is 0 Å². The highest BCUT2D eigenvalue weighted by molar-refractivity contribution is 6.19. The van der Waals surface area contributed by atoms with Gasteiger partial charge in [0.05, 0.1) is 0 Å². The average Bonchev–Trinajstić information content (AvgIpc) is 2.52. The number of alkyl halides is 1. The van der Waals surface area contributed by atoms with Crippen molar-refractivity contribution in [1.82, 2.24) is 0 Å². The Morgan fingerprint density at radius 1 is 1.45 bits per heavy atom. The van der Waals surface area contributed by atoms with Crippen molar-refractivity contribution >= 4 is 11.6 Å². The van der Waals surface area contributed by atoms with Gasteiger partial charge in [-0.2, -0.15) is 0 Å². The molecule has 1 aliphatic rings. The summed E-state index contributed by atoms with van der Waals surface area (Å²) in [6, 6.07) is 0. The summed E-state index contributed by atoms with van der Waals surface area (Å²) < 4.78 is 0. The van der Waals surface area contributed by atoms with Crippen molar-refractivity contribution in [2.24, 2.45) is 5.92 Å². The van der Waals surface area contributed by atoms with Crippen LogP contribution in [0, 0.1) is 5.92 Å². The lowest BCUT2D eigenvalue weighted by Gasteiger charge is -2.04. The molecule has 1 aliphatic carbocycles. The molecule has 0 heterocycles. The Hall–Kier alpha value is 0.0300. The molecule has 1 saturated carbocycles. The molecular formula is C10H17Cl. The van der Waals surface area contributed by atoms with E-state index in [4.69, 9.17) is 11.6 Å². The Morgan fingerprint density at radius 2 is 2.09 bits per heavy atom. The lowest BCUT2D eigenvalue weighted by molar-refractivity contribution is 0.677. The van der Waals surface area contributed by atoms with E-state index < -0.39 is 0 Å². The van der Waals surface area contributed by atoms with Crippen LogP contribution in [0.4, 0.5) is 0 Å². The lowest BCUT2D eigenvalue weighted by Crippen LogP contribution is -1.91. The largest absolute Gasteiger partial charge is 0.122 e. The third-order valence-corrected chi connectivity index (χ3v) is 2.84. The zero-order valence-corrected chi connectivity index (χ0v) is 8.03. The predicted molar refractivity (Wildman–Crippen MR) is 51.1 cm³/mol. The first kappa shape index (κ1) is 9.12. The van der Waals surface area contributed by atoms with Gasteiger partial charge in [-0.1, -0.05) is 31.4 Å². The predicted octanol–water partition coefficient (Wildman–Crippen LogP) is 3.75. The normalized spacial score (nSPS) is 21.1. The van der Waals surface area contributed by atoms with Crippen molar-refractivity contribution < 1.29 is 0 Å². The maximum absolute atomic E-state index is 5.78. The second-order valence-corrected chi connectivity index (χ2v) is 3.62. The summed E-state index contributed by atoms with van der Waals surface area (Å²) in [7, 11) is 0.